The van der Waals surface area contributed by atoms with Gasteiger partial charge in [0, 0.05) is 22.2 Å². The standard InChI is InChI=1S/C15H13NO2S/c1-17-13-6-11(8-16-9-13)10-19-14-2-3-15-12(7-14)4-5-18-15/h2-9H,10H2,1H3. The highest BCUT2D eigenvalue weighted by atomic mass is 32.2. The average molecular weight is 271 g/mol. The van der Waals surface area contributed by atoms with Crippen molar-refractivity contribution in [1.29, 1.82) is 0 Å². The normalized spacial score (nSPS) is 10.8. The second-order valence-corrected chi connectivity index (χ2v) is 5.19. The number of benzene rings is 1. The molecule has 3 rings (SSSR count). The SMILES string of the molecule is COc1cncc(CSc2ccc3occc3c2)c1. The lowest BCUT2D eigenvalue weighted by molar-refractivity contribution is 0.412. The van der Waals surface area contributed by atoms with Gasteiger partial charge in [0.1, 0.15) is 11.3 Å². The predicted molar refractivity (Wildman–Crippen MR) is 76.6 cm³/mol. The maximum atomic E-state index is 5.33. The summed E-state index contributed by atoms with van der Waals surface area (Å²) in [4.78, 5) is 5.38. The van der Waals surface area contributed by atoms with E-state index in [-0.39, 0.29) is 0 Å². The van der Waals surface area contributed by atoms with Crippen molar-refractivity contribution in [2.45, 2.75) is 10.6 Å². The fraction of sp³-hybridized carbons (Fsp3) is 0.133. The maximum absolute atomic E-state index is 5.33. The summed E-state index contributed by atoms with van der Waals surface area (Å²) in [6.45, 7) is 0. The molecule has 0 N–H and O–H groups in total. The number of aromatic nitrogens is 1. The highest BCUT2D eigenvalue weighted by Crippen LogP contribution is 2.27. The van der Waals surface area contributed by atoms with Crippen LogP contribution in [0, 0.1) is 0 Å². The average Bonchev–Trinajstić information content (AvgIpc) is 2.93. The van der Waals surface area contributed by atoms with Gasteiger partial charge in [0.15, 0.2) is 0 Å². The molecule has 0 amide bonds. The van der Waals surface area contributed by atoms with E-state index in [9.17, 15) is 0 Å². The van der Waals surface area contributed by atoms with Crippen LogP contribution in [0.4, 0.5) is 0 Å². The first-order chi connectivity index (χ1) is 9.35. The molecule has 0 radical (unpaired) electrons. The van der Waals surface area contributed by atoms with Crippen LogP contribution in [0.15, 0.2) is 58.3 Å². The van der Waals surface area contributed by atoms with E-state index in [1.54, 1.807) is 31.3 Å². The van der Waals surface area contributed by atoms with Crippen molar-refractivity contribution in [3.8, 4) is 5.75 Å². The Morgan fingerprint density at radius 2 is 2.16 bits per heavy atom. The highest BCUT2D eigenvalue weighted by Gasteiger charge is 2.02. The third kappa shape index (κ3) is 2.74. The van der Waals surface area contributed by atoms with E-state index in [4.69, 9.17) is 9.15 Å². The number of hydrogen-bond donors (Lipinski definition) is 0. The van der Waals surface area contributed by atoms with Crippen molar-refractivity contribution in [1.82, 2.24) is 4.98 Å². The van der Waals surface area contributed by atoms with Crippen LogP contribution in [0.5, 0.6) is 5.75 Å². The minimum Gasteiger partial charge on any atom is -0.495 e. The number of nitrogens with zero attached hydrogens (tertiary/aromatic N) is 1. The number of hydrogen-bond acceptors (Lipinski definition) is 4. The molecule has 0 aliphatic rings. The number of furan rings is 1. The topological polar surface area (TPSA) is 35.3 Å². The number of thioether (sulfide) groups is 1. The van der Waals surface area contributed by atoms with Gasteiger partial charge in [-0.2, -0.15) is 0 Å². The van der Waals surface area contributed by atoms with Gasteiger partial charge >= 0.3 is 0 Å². The quantitative estimate of drug-likeness (QED) is 0.668. The van der Waals surface area contributed by atoms with Gasteiger partial charge in [0.25, 0.3) is 0 Å². The molecule has 0 unspecified atom stereocenters. The number of fused-ring (bicyclic) bond motifs is 1. The van der Waals surface area contributed by atoms with Crippen molar-refractivity contribution >= 4 is 22.7 Å². The van der Waals surface area contributed by atoms with Gasteiger partial charge in [0.2, 0.25) is 0 Å². The van der Waals surface area contributed by atoms with E-state index in [1.165, 1.54) is 4.90 Å². The molecule has 0 fully saturated rings. The maximum Gasteiger partial charge on any atom is 0.137 e. The Labute approximate surface area is 115 Å². The number of methoxy groups -OCH3 is 1. The molecule has 0 atom stereocenters. The van der Waals surface area contributed by atoms with Crippen LogP contribution in [0.1, 0.15) is 5.56 Å². The molecule has 2 heterocycles. The summed E-state index contributed by atoms with van der Waals surface area (Å²) in [5, 5.41) is 1.13. The second kappa shape index (κ2) is 5.36. The van der Waals surface area contributed by atoms with Crippen molar-refractivity contribution in [3.63, 3.8) is 0 Å². The van der Waals surface area contributed by atoms with Crippen LogP contribution in [0.2, 0.25) is 0 Å². The van der Waals surface area contributed by atoms with Crippen molar-refractivity contribution in [2.75, 3.05) is 7.11 Å². The van der Waals surface area contributed by atoms with Gasteiger partial charge in [-0.25, -0.2) is 0 Å². The molecule has 3 aromatic rings. The fourth-order valence-corrected chi connectivity index (χ4v) is 2.72. The van der Waals surface area contributed by atoms with Crippen molar-refractivity contribution in [3.05, 3.63) is 54.6 Å². The fourth-order valence-electron chi connectivity index (χ4n) is 1.86. The van der Waals surface area contributed by atoms with Gasteiger partial charge in [-0.15, -0.1) is 11.8 Å². The second-order valence-electron chi connectivity index (χ2n) is 4.14. The minimum atomic E-state index is 0.795. The Balaban J connectivity index is 1.74. The monoisotopic (exact) mass is 271 g/mol. The molecular formula is C15H13NO2S. The van der Waals surface area contributed by atoms with Crippen LogP contribution in [-0.4, -0.2) is 12.1 Å². The summed E-state index contributed by atoms with van der Waals surface area (Å²) in [5.41, 5.74) is 2.07. The van der Waals surface area contributed by atoms with Gasteiger partial charge in [-0.1, -0.05) is 0 Å². The van der Waals surface area contributed by atoms with Crippen LogP contribution in [0.3, 0.4) is 0 Å². The summed E-state index contributed by atoms with van der Waals surface area (Å²) >= 11 is 1.77. The Kier molecular flexibility index (Phi) is 3.42. The zero-order valence-corrected chi connectivity index (χ0v) is 11.3. The predicted octanol–water partition coefficient (Wildman–Crippen LogP) is 4.13. The Morgan fingerprint density at radius 3 is 3.05 bits per heavy atom. The van der Waals surface area contributed by atoms with E-state index >= 15 is 0 Å². The molecule has 0 spiro atoms. The summed E-state index contributed by atoms with van der Waals surface area (Å²) < 4.78 is 10.5. The molecule has 96 valence electrons. The van der Waals surface area contributed by atoms with Crippen LogP contribution in [-0.2, 0) is 5.75 Å². The number of rotatable bonds is 4. The first-order valence-corrected chi connectivity index (χ1v) is 6.92. The van der Waals surface area contributed by atoms with Crippen LogP contribution in [0.25, 0.3) is 11.0 Å². The Morgan fingerprint density at radius 1 is 1.21 bits per heavy atom. The third-order valence-electron chi connectivity index (χ3n) is 2.83. The third-order valence-corrected chi connectivity index (χ3v) is 3.90. The van der Waals surface area contributed by atoms with Crippen molar-refractivity contribution < 1.29 is 9.15 Å². The van der Waals surface area contributed by atoms with Gasteiger partial charge in [-0.05, 0) is 35.9 Å². The summed E-state index contributed by atoms with van der Waals surface area (Å²) in [7, 11) is 1.65. The smallest absolute Gasteiger partial charge is 0.137 e. The van der Waals surface area contributed by atoms with E-state index in [0.29, 0.717) is 0 Å². The number of ether oxygens (including phenoxy) is 1. The first-order valence-electron chi connectivity index (χ1n) is 5.93. The number of pyridine rings is 1. The summed E-state index contributed by atoms with van der Waals surface area (Å²) in [6, 6.07) is 10.2. The molecule has 0 aliphatic carbocycles. The van der Waals surface area contributed by atoms with E-state index in [2.05, 4.69) is 17.1 Å². The van der Waals surface area contributed by atoms with E-state index in [0.717, 1.165) is 28.0 Å². The van der Waals surface area contributed by atoms with Crippen molar-refractivity contribution in [2.24, 2.45) is 0 Å². The molecule has 0 saturated heterocycles. The summed E-state index contributed by atoms with van der Waals surface area (Å²) in [5.74, 6) is 1.66. The Hall–Kier alpha value is -1.94. The molecule has 0 aliphatic heterocycles. The lowest BCUT2D eigenvalue weighted by Crippen LogP contribution is -1.87. The highest BCUT2D eigenvalue weighted by molar-refractivity contribution is 7.98. The summed E-state index contributed by atoms with van der Waals surface area (Å²) in [6.07, 6.45) is 5.29. The molecule has 3 nitrogen and oxygen atoms in total. The molecule has 0 bridgehead atoms. The van der Waals surface area contributed by atoms with Gasteiger partial charge in [0.05, 0.1) is 19.6 Å². The lowest BCUT2D eigenvalue weighted by Gasteiger charge is -2.04. The molecule has 4 heteroatoms. The Bertz CT molecular complexity index is 693. The lowest BCUT2D eigenvalue weighted by atomic mass is 10.3. The van der Waals surface area contributed by atoms with E-state index in [1.807, 2.05) is 24.4 Å². The molecule has 0 saturated carbocycles. The zero-order valence-electron chi connectivity index (χ0n) is 10.5. The largest absolute Gasteiger partial charge is 0.495 e. The van der Waals surface area contributed by atoms with Gasteiger partial charge in [-0.3, -0.25) is 4.98 Å². The minimum absolute atomic E-state index is 0.795. The zero-order chi connectivity index (χ0) is 13.1. The molecule has 1 aromatic carbocycles. The molecule has 2 aromatic heterocycles. The van der Waals surface area contributed by atoms with Gasteiger partial charge < -0.3 is 9.15 Å². The van der Waals surface area contributed by atoms with E-state index < -0.39 is 0 Å². The van der Waals surface area contributed by atoms with Crippen LogP contribution >= 0.6 is 11.8 Å². The first kappa shape index (κ1) is 12.1. The van der Waals surface area contributed by atoms with Crippen LogP contribution < -0.4 is 4.74 Å². The molecular weight excluding hydrogens is 258 g/mol. The molecule has 19 heavy (non-hydrogen) atoms.